The van der Waals surface area contributed by atoms with Gasteiger partial charge in [-0.1, -0.05) is 0 Å². The predicted octanol–water partition coefficient (Wildman–Crippen LogP) is 1.58. The van der Waals surface area contributed by atoms with E-state index in [4.69, 9.17) is 4.74 Å². The normalized spacial score (nSPS) is 10.7. The molecule has 2 rings (SSSR count). The molecular formula is C9H11N3O. The van der Waals surface area contributed by atoms with Crippen molar-refractivity contribution in [3.05, 3.63) is 17.2 Å². The van der Waals surface area contributed by atoms with Gasteiger partial charge in [0.1, 0.15) is 16.8 Å². The maximum Gasteiger partial charge on any atom is 0.124 e. The topological polar surface area (TPSA) is 50.8 Å². The number of benzene rings is 1. The van der Waals surface area contributed by atoms with E-state index in [1.54, 1.807) is 7.11 Å². The third kappa shape index (κ3) is 1.06. The fraction of sp³-hybridized carbons (Fsp3) is 0.333. The average molecular weight is 177 g/mol. The number of ether oxygens (including phenoxy) is 1. The van der Waals surface area contributed by atoms with Gasteiger partial charge >= 0.3 is 0 Å². The van der Waals surface area contributed by atoms with Crippen LogP contribution >= 0.6 is 0 Å². The van der Waals surface area contributed by atoms with E-state index in [0.717, 1.165) is 27.9 Å². The minimum Gasteiger partial charge on any atom is -0.496 e. The van der Waals surface area contributed by atoms with Crippen molar-refractivity contribution < 1.29 is 4.74 Å². The van der Waals surface area contributed by atoms with Crippen molar-refractivity contribution in [3.8, 4) is 5.75 Å². The second-order valence-corrected chi connectivity index (χ2v) is 3.02. The summed E-state index contributed by atoms with van der Waals surface area (Å²) in [5.41, 5.74) is 3.99. The summed E-state index contributed by atoms with van der Waals surface area (Å²) in [6.07, 6.45) is 0. The van der Waals surface area contributed by atoms with E-state index in [9.17, 15) is 0 Å². The Morgan fingerprint density at radius 3 is 2.69 bits per heavy atom. The third-order valence-electron chi connectivity index (χ3n) is 2.35. The molecule has 0 aliphatic carbocycles. The molecule has 4 heteroatoms. The second-order valence-electron chi connectivity index (χ2n) is 3.02. The van der Waals surface area contributed by atoms with Gasteiger partial charge in [0.05, 0.1) is 7.11 Å². The Morgan fingerprint density at radius 2 is 2.00 bits per heavy atom. The molecule has 2 aromatic rings. The summed E-state index contributed by atoms with van der Waals surface area (Å²) < 4.78 is 5.22. The molecule has 0 aliphatic heterocycles. The fourth-order valence-corrected chi connectivity index (χ4v) is 1.42. The van der Waals surface area contributed by atoms with Crippen molar-refractivity contribution in [2.24, 2.45) is 0 Å². The van der Waals surface area contributed by atoms with Gasteiger partial charge in [-0.15, -0.1) is 0 Å². The SMILES string of the molecule is COc1cc2n[nH]nc2c(C)c1C. The van der Waals surface area contributed by atoms with Crippen LogP contribution < -0.4 is 4.74 Å². The average Bonchev–Trinajstić information content (AvgIpc) is 2.59. The van der Waals surface area contributed by atoms with Gasteiger partial charge < -0.3 is 4.74 Å². The molecule has 0 saturated carbocycles. The summed E-state index contributed by atoms with van der Waals surface area (Å²) in [6, 6.07) is 1.89. The van der Waals surface area contributed by atoms with E-state index in [0.29, 0.717) is 0 Å². The minimum absolute atomic E-state index is 0.847. The van der Waals surface area contributed by atoms with E-state index in [-0.39, 0.29) is 0 Å². The molecule has 1 aromatic heterocycles. The molecule has 1 aromatic carbocycles. The smallest absolute Gasteiger partial charge is 0.124 e. The number of hydrogen-bond donors (Lipinski definition) is 1. The van der Waals surface area contributed by atoms with Gasteiger partial charge in [0.25, 0.3) is 0 Å². The summed E-state index contributed by atoms with van der Waals surface area (Å²) in [4.78, 5) is 0. The van der Waals surface area contributed by atoms with Crippen molar-refractivity contribution >= 4 is 11.0 Å². The predicted molar refractivity (Wildman–Crippen MR) is 49.9 cm³/mol. The molecule has 0 atom stereocenters. The summed E-state index contributed by atoms with van der Waals surface area (Å²) in [5, 5.41) is 10.7. The van der Waals surface area contributed by atoms with Crippen LogP contribution in [0.15, 0.2) is 6.07 Å². The number of nitrogens with zero attached hydrogens (tertiary/aromatic N) is 2. The molecule has 0 bridgehead atoms. The number of aromatic amines is 1. The highest BCUT2D eigenvalue weighted by Crippen LogP contribution is 2.26. The molecule has 4 nitrogen and oxygen atoms in total. The minimum atomic E-state index is 0.847. The Labute approximate surface area is 75.9 Å². The van der Waals surface area contributed by atoms with Gasteiger partial charge in [-0.25, -0.2) is 0 Å². The highest BCUT2D eigenvalue weighted by molar-refractivity contribution is 5.80. The van der Waals surface area contributed by atoms with Crippen LogP contribution in [0.3, 0.4) is 0 Å². The molecule has 1 N–H and O–H groups in total. The van der Waals surface area contributed by atoms with Crippen LogP contribution in [-0.4, -0.2) is 22.5 Å². The van der Waals surface area contributed by atoms with Crippen molar-refractivity contribution in [1.29, 1.82) is 0 Å². The summed E-state index contributed by atoms with van der Waals surface area (Å²) in [7, 11) is 1.66. The number of rotatable bonds is 1. The molecule has 13 heavy (non-hydrogen) atoms. The zero-order chi connectivity index (χ0) is 9.42. The number of methoxy groups -OCH3 is 1. The van der Waals surface area contributed by atoms with Crippen LogP contribution in [0.25, 0.3) is 11.0 Å². The molecule has 0 saturated heterocycles. The lowest BCUT2D eigenvalue weighted by atomic mass is 10.1. The van der Waals surface area contributed by atoms with Crippen molar-refractivity contribution in [2.75, 3.05) is 7.11 Å². The molecular weight excluding hydrogens is 166 g/mol. The molecule has 0 radical (unpaired) electrons. The molecule has 0 spiro atoms. The highest BCUT2D eigenvalue weighted by Gasteiger charge is 2.09. The molecule has 68 valence electrons. The number of aryl methyl sites for hydroxylation is 1. The maximum absolute atomic E-state index is 5.22. The molecule has 1 heterocycles. The van der Waals surface area contributed by atoms with Crippen molar-refractivity contribution in [2.45, 2.75) is 13.8 Å². The quantitative estimate of drug-likeness (QED) is 0.719. The van der Waals surface area contributed by atoms with E-state index in [2.05, 4.69) is 15.4 Å². The van der Waals surface area contributed by atoms with Gasteiger partial charge in [-0.05, 0) is 25.0 Å². The fourth-order valence-electron chi connectivity index (χ4n) is 1.42. The van der Waals surface area contributed by atoms with E-state index in [1.807, 2.05) is 19.9 Å². The first kappa shape index (κ1) is 8.04. The van der Waals surface area contributed by atoms with Gasteiger partial charge in [-0.3, -0.25) is 0 Å². The lowest BCUT2D eigenvalue weighted by Crippen LogP contribution is -1.91. The molecule has 0 amide bonds. The Hall–Kier alpha value is -1.58. The Bertz CT molecular complexity index is 447. The van der Waals surface area contributed by atoms with Crippen LogP contribution in [0.2, 0.25) is 0 Å². The summed E-state index contributed by atoms with van der Waals surface area (Å²) >= 11 is 0. The van der Waals surface area contributed by atoms with Crippen LogP contribution in [0.4, 0.5) is 0 Å². The van der Waals surface area contributed by atoms with E-state index < -0.39 is 0 Å². The number of hydrogen-bond acceptors (Lipinski definition) is 3. The monoisotopic (exact) mass is 177 g/mol. The van der Waals surface area contributed by atoms with Crippen LogP contribution in [0, 0.1) is 13.8 Å². The van der Waals surface area contributed by atoms with Crippen LogP contribution in [-0.2, 0) is 0 Å². The lowest BCUT2D eigenvalue weighted by molar-refractivity contribution is 0.412. The Kier molecular flexibility index (Phi) is 1.69. The van der Waals surface area contributed by atoms with Crippen LogP contribution in [0.5, 0.6) is 5.75 Å². The first-order valence-corrected chi connectivity index (χ1v) is 4.08. The second kappa shape index (κ2) is 2.73. The Morgan fingerprint density at radius 1 is 1.23 bits per heavy atom. The number of nitrogens with one attached hydrogen (secondary N) is 1. The largest absolute Gasteiger partial charge is 0.496 e. The maximum atomic E-state index is 5.22. The first-order valence-electron chi connectivity index (χ1n) is 4.08. The van der Waals surface area contributed by atoms with Crippen molar-refractivity contribution in [1.82, 2.24) is 15.4 Å². The molecule has 0 unspecified atom stereocenters. The standard InChI is InChI=1S/C9H11N3O/c1-5-6(2)9-7(10-12-11-9)4-8(5)13-3/h4H,1-3H3,(H,10,11,12). The lowest BCUT2D eigenvalue weighted by Gasteiger charge is -2.06. The zero-order valence-corrected chi connectivity index (χ0v) is 7.88. The highest BCUT2D eigenvalue weighted by atomic mass is 16.5. The molecule has 0 fully saturated rings. The van der Waals surface area contributed by atoms with Crippen molar-refractivity contribution in [3.63, 3.8) is 0 Å². The number of H-pyrrole nitrogens is 1. The molecule has 0 aliphatic rings. The van der Waals surface area contributed by atoms with E-state index in [1.165, 1.54) is 0 Å². The van der Waals surface area contributed by atoms with E-state index >= 15 is 0 Å². The Balaban J connectivity index is 2.83. The number of fused-ring (bicyclic) bond motifs is 1. The van der Waals surface area contributed by atoms with Gasteiger partial charge in [-0.2, -0.15) is 15.4 Å². The summed E-state index contributed by atoms with van der Waals surface area (Å²) in [6.45, 7) is 4.03. The van der Waals surface area contributed by atoms with Gasteiger partial charge in [0, 0.05) is 6.07 Å². The van der Waals surface area contributed by atoms with Crippen LogP contribution in [0.1, 0.15) is 11.1 Å². The zero-order valence-electron chi connectivity index (χ0n) is 7.88. The van der Waals surface area contributed by atoms with Gasteiger partial charge in [0.2, 0.25) is 0 Å². The summed E-state index contributed by atoms with van der Waals surface area (Å²) in [5.74, 6) is 0.860. The number of aromatic nitrogens is 3. The van der Waals surface area contributed by atoms with Gasteiger partial charge in [0.15, 0.2) is 0 Å². The third-order valence-corrected chi connectivity index (χ3v) is 2.35. The first-order chi connectivity index (χ1) is 6.24.